The molecule has 0 spiro atoms. The highest BCUT2D eigenvalue weighted by atomic mass is 28.4. The van der Waals surface area contributed by atoms with E-state index in [9.17, 15) is 9.90 Å². The Hall–Kier alpha value is -4.91. The number of hydrogen-bond donors (Lipinski definition) is 1. The second kappa shape index (κ2) is 11.2. The average Bonchev–Trinajstić information content (AvgIpc) is 3.61. The molecule has 5 aromatic carbocycles. The first-order chi connectivity index (χ1) is 22.1. The second-order valence-electron chi connectivity index (χ2n) is 13.1. The van der Waals surface area contributed by atoms with Crippen molar-refractivity contribution in [3.63, 3.8) is 0 Å². The summed E-state index contributed by atoms with van der Waals surface area (Å²) in [4.78, 5) is 22.0. The van der Waals surface area contributed by atoms with Crippen molar-refractivity contribution in [2.75, 3.05) is 0 Å². The average molecular weight is 621 g/mol. The van der Waals surface area contributed by atoms with Crippen molar-refractivity contribution in [1.29, 1.82) is 0 Å². The van der Waals surface area contributed by atoms with E-state index in [1.807, 2.05) is 32.0 Å². The fraction of sp³-hybridized carbons (Fsp3) is 0.175. The topological polar surface area (TPSA) is 71.2 Å². The summed E-state index contributed by atoms with van der Waals surface area (Å²) in [7, 11) is -2.75. The van der Waals surface area contributed by atoms with Gasteiger partial charge in [0.1, 0.15) is 0 Å². The van der Waals surface area contributed by atoms with Crippen LogP contribution in [0, 0.1) is 6.92 Å². The third kappa shape index (κ3) is 4.59. The minimum Gasteiger partial charge on any atom is -0.477 e. The number of carboxylic acids is 1. The molecule has 46 heavy (non-hydrogen) atoms. The van der Waals surface area contributed by atoms with E-state index in [1.165, 1.54) is 10.4 Å². The molecule has 5 aromatic rings. The van der Waals surface area contributed by atoms with Crippen LogP contribution in [-0.4, -0.2) is 19.4 Å². The Morgan fingerprint density at radius 1 is 0.739 bits per heavy atom. The molecule has 0 amide bonds. The van der Waals surface area contributed by atoms with Crippen molar-refractivity contribution in [3.05, 3.63) is 142 Å². The number of carboxylic acid groups (broad SMARTS) is 1. The number of aliphatic carboxylic acids is 1. The van der Waals surface area contributed by atoms with Gasteiger partial charge in [0.15, 0.2) is 5.70 Å². The Kier molecular flexibility index (Phi) is 7.22. The van der Waals surface area contributed by atoms with Crippen LogP contribution in [-0.2, 0) is 15.8 Å². The van der Waals surface area contributed by atoms with Gasteiger partial charge in [0, 0.05) is 22.3 Å². The maximum atomic E-state index is 12.3. The van der Waals surface area contributed by atoms with Crippen molar-refractivity contribution in [3.8, 4) is 22.3 Å². The molecule has 0 radical (unpaired) electrons. The van der Waals surface area contributed by atoms with E-state index in [0.29, 0.717) is 17.5 Å². The molecule has 0 fully saturated rings. The van der Waals surface area contributed by atoms with E-state index < -0.39 is 14.3 Å². The highest BCUT2D eigenvalue weighted by molar-refractivity contribution is 6.99. The van der Waals surface area contributed by atoms with Gasteiger partial charge < -0.3 is 9.53 Å². The number of carbonyl (C=O) groups is 1. The van der Waals surface area contributed by atoms with Gasteiger partial charge >= 0.3 is 5.97 Å². The monoisotopic (exact) mass is 620 g/mol. The molecule has 228 valence electrons. The minimum absolute atomic E-state index is 0.0856. The van der Waals surface area contributed by atoms with Gasteiger partial charge in [0.2, 0.25) is 0 Å². The van der Waals surface area contributed by atoms with Crippen LogP contribution in [0.5, 0.6) is 0 Å². The number of rotatable bonds is 7. The van der Waals surface area contributed by atoms with Crippen LogP contribution < -0.4 is 21.1 Å². The Labute approximate surface area is 270 Å². The smallest absolute Gasteiger partial charge is 0.354 e. The summed E-state index contributed by atoms with van der Waals surface area (Å²) in [6.07, 6.45) is 0. The van der Waals surface area contributed by atoms with Gasteiger partial charge in [-0.1, -0.05) is 118 Å². The molecule has 0 unspecified atom stereocenters. The zero-order chi connectivity index (χ0) is 32.2. The first-order valence-corrected chi connectivity index (χ1v) is 17.5. The maximum Gasteiger partial charge on any atom is 0.354 e. The van der Waals surface area contributed by atoms with Crippen LogP contribution in [0.25, 0.3) is 27.8 Å². The Morgan fingerprint density at radius 2 is 1.37 bits per heavy atom. The lowest BCUT2D eigenvalue weighted by Crippen LogP contribution is -2.66. The summed E-state index contributed by atoms with van der Waals surface area (Å²) in [6.45, 7) is 11.1. The molecule has 5 nitrogen and oxygen atoms in total. The summed E-state index contributed by atoms with van der Waals surface area (Å²) in [5, 5.41) is 13.9. The van der Waals surface area contributed by atoms with Crippen LogP contribution in [0.4, 0.5) is 5.69 Å². The van der Waals surface area contributed by atoms with Crippen LogP contribution in [0.1, 0.15) is 44.4 Å². The van der Waals surface area contributed by atoms with Crippen molar-refractivity contribution >= 4 is 35.9 Å². The molecule has 0 saturated carbocycles. The number of fused-ring (bicyclic) bond motifs is 4. The maximum absolute atomic E-state index is 12.3. The second-order valence-corrected chi connectivity index (χ2v) is 17.4. The van der Waals surface area contributed by atoms with Crippen molar-refractivity contribution in [1.82, 2.24) is 0 Å². The zero-order valence-corrected chi connectivity index (χ0v) is 27.8. The summed E-state index contributed by atoms with van der Waals surface area (Å²) in [5.74, 6) is -1.02. The summed E-state index contributed by atoms with van der Waals surface area (Å²) >= 11 is 0. The standard InChI is InChI=1S/C40H36N2O3Si/c1-25-33-26(2)37(39(43)44)42-38(33)34(35-31-21-12-13-22-32(31)41-36(25)35)28-16-14-15-27(23-28)24-45-46(40(3,4)5,29-17-8-6-9-18-29)30-19-10-7-11-20-30/h6-23H,24H2,1-5H3,(H,43,44). The molecule has 0 aromatic heterocycles. The first-order valence-electron chi connectivity index (χ1n) is 15.6. The first kappa shape index (κ1) is 29.8. The molecule has 7 rings (SSSR count). The number of para-hydroxylation sites is 1. The predicted octanol–water partition coefficient (Wildman–Crippen LogP) is 7.12. The van der Waals surface area contributed by atoms with Crippen molar-refractivity contribution < 1.29 is 14.3 Å². The normalized spacial score (nSPS) is 13.5. The molecule has 2 aliphatic heterocycles. The van der Waals surface area contributed by atoms with Crippen molar-refractivity contribution in [2.45, 2.75) is 46.3 Å². The van der Waals surface area contributed by atoms with Crippen molar-refractivity contribution in [2.24, 2.45) is 9.98 Å². The molecule has 0 aliphatic carbocycles. The van der Waals surface area contributed by atoms with E-state index in [2.05, 4.69) is 112 Å². The van der Waals surface area contributed by atoms with Gasteiger partial charge in [0.05, 0.1) is 23.0 Å². The van der Waals surface area contributed by atoms with Gasteiger partial charge in [0.25, 0.3) is 8.32 Å². The van der Waals surface area contributed by atoms with E-state index >= 15 is 0 Å². The number of nitrogens with zero attached hydrogens (tertiary/aromatic N) is 2. The van der Waals surface area contributed by atoms with Crippen LogP contribution in [0.15, 0.2) is 125 Å². The Bertz CT molecular complexity index is 2140. The molecule has 2 aliphatic rings. The van der Waals surface area contributed by atoms with Gasteiger partial charge in [-0.25, -0.2) is 14.8 Å². The molecule has 6 heteroatoms. The molecular weight excluding hydrogens is 585 g/mol. The SMILES string of the molecule is CC1=C(C(=O)O)N=c2c1c(C)c1c(c2-c2cccc(CO[Si](c3ccccc3)(c3ccccc3)C(C)(C)C)c2)-c2ccccc2N=1. The van der Waals surface area contributed by atoms with Crippen LogP contribution in [0.2, 0.25) is 5.04 Å². The van der Waals surface area contributed by atoms with E-state index in [0.717, 1.165) is 50.0 Å². The molecule has 0 bridgehead atoms. The van der Waals surface area contributed by atoms with Crippen LogP contribution in [0.3, 0.4) is 0 Å². The van der Waals surface area contributed by atoms with Gasteiger partial charge in [-0.3, -0.25) is 0 Å². The fourth-order valence-electron chi connectivity index (χ4n) is 7.29. The largest absolute Gasteiger partial charge is 0.477 e. The molecule has 2 heterocycles. The Morgan fingerprint density at radius 3 is 2.00 bits per heavy atom. The van der Waals surface area contributed by atoms with E-state index in [4.69, 9.17) is 14.4 Å². The number of benzene rings is 5. The van der Waals surface area contributed by atoms with Gasteiger partial charge in [-0.05, 0) is 63.7 Å². The van der Waals surface area contributed by atoms with Gasteiger partial charge in [-0.15, -0.1) is 0 Å². The van der Waals surface area contributed by atoms with E-state index in [1.54, 1.807) is 0 Å². The predicted molar refractivity (Wildman–Crippen MR) is 187 cm³/mol. The third-order valence-electron chi connectivity index (χ3n) is 9.34. The summed E-state index contributed by atoms with van der Waals surface area (Å²) in [6, 6.07) is 37.9. The van der Waals surface area contributed by atoms with Crippen LogP contribution >= 0.6 is 0 Å². The lowest BCUT2D eigenvalue weighted by atomic mass is 9.87. The highest BCUT2D eigenvalue weighted by Gasteiger charge is 2.50. The molecule has 0 atom stereocenters. The van der Waals surface area contributed by atoms with E-state index in [-0.39, 0.29) is 10.7 Å². The quantitative estimate of drug-likeness (QED) is 0.193. The Balaban J connectivity index is 1.39. The minimum atomic E-state index is -2.75. The zero-order valence-electron chi connectivity index (χ0n) is 26.8. The number of hydrogen-bond acceptors (Lipinski definition) is 4. The number of allylic oxidation sites excluding steroid dienone is 1. The fourth-order valence-corrected chi connectivity index (χ4v) is 11.8. The molecule has 1 N–H and O–H groups in total. The summed E-state index contributed by atoms with van der Waals surface area (Å²) in [5.41, 5.74) is 8.42. The third-order valence-corrected chi connectivity index (χ3v) is 14.3. The summed E-state index contributed by atoms with van der Waals surface area (Å²) < 4.78 is 7.28. The lowest BCUT2D eigenvalue weighted by Gasteiger charge is -2.43. The van der Waals surface area contributed by atoms with Gasteiger partial charge in [-0.2, -0.15) is 0 Å². The highest BCUT2D eigenvalue weighted by Crippen LogP contribution is 2.41. The lowest BCUT2D eigenvalue weighted by molar-refractivity contribution is -0.132. The molecular formula is C40H36N2O3Si. The molecule has 0 saturated heterocycles.